The van der Waals surface area contributed by atoms with Crippen LogP contribution >= 0.6 is 22.9 Å². The first-order valence-electron chi connectivity index (χ1n) is 7.10. The fourth-order valence-electron chi connectivity index (χ4n) is 2.08. The third-order valence-electron chi connectivity index (χ3n) is 3.25. The summed E-state index contributed by atoms with van der Waals surface area (Å²) in [6.45, 7) is 2.21. The standard InChI is InChI=1S/C17H15ClN2O2S/c1-11-6-7-12(8-13(11)18)19-16(21)9-22-10-17-20-14-4-2-3-5-15(14)23-17/h2-8H,9-10H2,1H3,(H,19,21). The molecule has 1 N–H and O–H groups in total. The highest BCUT2D eigenvalue weighted by atomic mass is 35.5. The second-order valence-electron chi connectivity index (χ2n) is 5.08. The average molecular weight is 347 g/mol. The summed E-state index contributed by atoms with van der Waals surface area (Å²) in [4.78, 5) is 16.3. The van der Waals surface area contributed by atoms with Crippen molar-refractivity contribution in [2.45, 2.75) is 13.5 Å². The van der Waals surface area contributed by atoms with Crippen LogP contribution in [0.1, 0.15) is 10.6 Å². The molecular weight excluding hydrogens is 332 g/mol. The molecule has 1 amide bonds. The van der Waals surface area contributed by atoms with E-state index in [2.05, 4.69) is 10.3 Å². The number of anilines is 1. The fourth-order valence-corrected chi connectivity index (χ4v) is 3.17. The molecule has 0 unspecified atom stereocenters. The van der Waals surface area contributed by atoms with E-state index in [0.29, 0.717) is 17.3 Å². The number of aromatic nitrogens is 1. The fraction of sp³-hybridized carbons (Fsp3) is 0.176. The van der Waals surface area contributed by atoms with Gasteiger partial charge in [0.2, 0.25) is 5.91 Å². The lowest BCUT2D eigenvalue weighted by Crippen LogP contribution is -2.18. The van der Waals surface area contributed by atoms with E-state index in [1.165, 1.54) is 0 Å². The van der Waals surface area contributed by atoms with Crippen molar-refractivity contribution in [3.05, 3.63) is 58.1 Å². The van der Waals surface area contributed by atoms with Gasteiger partial charge in [-0.05, 0) is 36.8 Å². The number of hydrogen-bond donors (Lipinski definition) is 1. The van der Waals surface area contributed by atoms with Crippen LogP contribution in [0.4, 0.5) is 5.69 Å². The molecule has 0 radical (unpaired) electrons. The van der Waals surface area contributed by atoms with Gasteiger partial charge in [-0.15, -0.1) is 11.3 Å². The van der Waals surface area contributed by atoms with Gasteiger partial charge in [0.15, 0.2) is 0 Å². The second-order valence-corrected chi connectivity index (χ2v) is 6.60. The molecule has 0 bridgehead atoms. The zero-order valence-corrected chi connectivity index (χ0v) is 14.1. The summed E-state index contributed by atoms with van der Waals surface area (Å²) >= 11 is 7.60. The number of ether oxygens (including phenoxy) is 1. The van der Waals surface area contributed by atoms with E-state index in [0.717, 1.165) is 20.8 Å². The Morgan fingerprint density at radius 2 is 2.13 bits per heavy atom. The Labute approximate surface area is 143 Å². The van der Waals surface area contributed by atoms with Gasteiger partial charge in [-0.25, -0.2) is 4.98 Å². The maximum Gasteiger partial charge on any atom is 0.250 e. The minimum absolute atomic E-state index is 0.0264. The lowest BCUT2D eigenvalue weighted by atomic mass is 10.2. The molecule has 23 heavy (non-hydrogen) atoms. The van der Waals surface area contributed by atoms with E-state index >= 15 is 0 Å². The number of para-hydroxylation sites is 1. The molecule has 0 aliphatic rings. The van der Waals surface area contributed by atoms with Crippen LogP contribution in [0.25, 0.3) is 10.2 Å². The molecule has 0 aliphatic carbocycles. The number of rotatable bonds is 5. The molecule has 1 heterocycles. The molecule has 4 nitrogen and oxygen atoms in total. The van der Waals surface area contributed by atoms with Gasteiger partial charge in [-0.2, -0.15) is 0 Å². The van der Waals surface area contributed by atoms with Crippen LogP contribution in [0.2, 0.25) is 5.02 Å². The summed E-state index contributed by atoms with van der Waals surface area (Å²) < 4.78 is 6.56. The predicted octanol–water partition coefficient (Wildman–Crippen LogP) is 4.41. The molecule has 0 atom stereocenters. The van der Waals surface area contributed by atoms with Crippen molar-refractivity contribution in [2.75, 3.05) is 11.9 Å². The Hall–Kier alpha value is -1.95. The summed E-state index contributed by atoms with van der Waals surface area (Å²) in [7, 11) is 0. The third-order valence-corrected chi connectivity index (χ3v) is 4.67. The SMILES string of the molecule is Cc1ccc(NC(=O)COCc2nc3ccccc3s2)cc1Cl. The number of aryl methyl sites for hydroxylation is 1. The molecule has 3 rings (SSSR count). The number of carbonyl (C=O) groups is 1. The normalized spacial score (nSPS) is 10.9. The van der Waals surface area contributed by atoms with Gasteiger partial charge in [0.1, 0.15) is 11.6 Å². The van der Waals surface area contributed by atoms with E-state index in [1.807, 2.05) is 43.3 Å². The van der Waals surface area contributed by atoms with Crippen molar-refractivity contribution in [1.82, 2.24) is 4.98 Å². The Bertz CT molecular complexity index is 814. The van der Waals surface area contributed by atoms with Gasteiger partial charge in [-0.1, -0.05) is 29.8 Å². The molecule has 0 fully saturated rings. The molecule has 6 heteroatoms. The average Bonchev–Trinajstić information content (AvgIpc) is 2.93. The number of halogens is 1. The Morgan fingerprint density at radius 1 is 1.30 bits per heavy atom. The molecule has 2 aromatic carbocycles. The lowest BCUT2D eigenvalue weighted by Gasteiger charge is -2.07. The molecule has 3 aromatic rings. The van der Waals surface area contributed by atoms with Crippen molar-refractivity contribution in [1.29, 1.82) is 0 Å². The maximum absolute atomic E-state index is 11.9. The van der Waals surface area contributed by atoms with Gasteiger partial charge in [0, 0.05) is 10.7 Å². The molecule has 118 valence electrons. The number of amides is 1. The lowest BCUT2D eigenvalue weighted by molar-refractivity contribution is -0.121. The van der Waals surface area contributed by atoms with Crippen LogP contribution in [-0.4, -0.2) is 17.5 Å². The summed E-state index contributed by atoms with van der Waals surface area (Å²) in [5.74, 6) is -0.217. The summed E-state index contributed by atoms with van der Waals surface area (Å²) in [5.41, 5.74) is 2.58. The zero-order chi connectivity index (χ0) is 16.2. The van der Waals surface area contributed by atoms with Crippen molar-refractivity contribution in [3.8, 4) is 0 Å². The Morgan fingerprint density at radius 3 is 2.91 bits per heavy atom. The van der Waals surface area contributed by atoms with Crippen LogP contribution in [0.5, 0.6) is 0 Å². The van der Waals surface area contributed by atoms with E-state index in [-0.39, 0.29) is 12.5 Å². The molecule has 0 aliphatic heterocycles. The summed E-state index contributed by atoms with van der Waals surface area (Å²) in [6, 6.07) is 13.3. The quantitative estimate of drug-likeness (QED) is 0.744. The van der Waals surface area contributed by atoms with Gasteiger partial charge in [-0.3, -0.25) is 4.79 Å². The zero-order valence-electron chi connectivity index (χ0n) is 12.5. The number of benzene rings is 2. The smallest absolute Gasteiger partial charge is 0.250 e. The van der Waals surface area contributed by atoms with Crippen molar-refractivity contribution in [2.24, 2.45) is 0 Å². The number of fused-ring (bicyclic) bond motifs is 1. The molecule has 1 aromatic heterocycles. The van der Waals surface area contributed by atoms with E-state index in [4.69, 9.17) is 16.3 Å². The van der Waals surface area contributed by atoms with E-state index in [9.17, 15) is 4.79 Å². The van der Waals surface area contributed by atoms with Crippen LogP contribution in [-0.2, 0) is 16.1 Å². The Kier molecular flexibility index (Phi) is 4.91. The van der Waals surface area contributed by atoms with Gasteiger partial charge in [0.05, 0.1) is 16.8 Å². The third kappa shape index (κ3) is 4.07. The minimum Gasteiger partial charge on any atom is -0.364 e. The van der Waals surface area contributed by atoms with Crippen LogP contribution in [0.15, 0.2) is 42.5 Å². The largest absolute Gasteiger partial charge is 0.364 e. The molecule has 0 spiro atoms. The highest BCUT2D eigenvalue weighted by Gasteiger charge is 2.07. The van der Waals surface area contributed by atoms with Crippen molar-refractivity contribution >= 4 is 44.7 Å². The van der Waals surface area contributed by atoms with Gasteiger partial charge < -0.3 is 10.1 Å². The monoisotopic (exact) mass is 346 g/mol. The van der Waals surface area contributed by atoms with Crippen LogP contribution in [0, 0.1) is 6.92 Å². The maximum atomic E-state index is 11.9. The highest BCUT2D eigenvalue weighted by Crippen LogP contribution is 2.22. The van der Waals surface area contributed by atoms with Crippen LogP contribution < -0.4 is 5.32 Å². The topological polar surface area (TPSA) is 51.2 Å². The number of nitrogens with zero attached hydrogens (tertiary/aromatic N) is 1. The first kappa shape index (κ1) is 15.9. The number of thiazole rings is 1. The van der Waals surface area contributed by atoms with Crippen molar-refractivity contribution in [3.63, 3.8) is 0 Å². The summed E-state index contributed by atoms with van der Waals surface area (Å²) in [6.07, 6.45) is 0. The highest BCUT2D eigenvalue weighted by molar-refractivity contribution is 7.18. The number of nitrogens with one attached hydrogen (secondary N) is 1. The Balaban J connectivity index is 1.51. The number of carbonyl (C=O) groups excluding carboxylic acids is 1. The second kappa shape index (κ2) is 7.08. The van der Waals surface area contributed by atoms with Crippen LogP contribution in [0.3, 0.4) is 0 Å². The molecular formula is C17H15ClN2O2S. The number of hydrogen-bond acceptors (Lipinski definition) is 4. The first-order valence-corrected chi connectivity index (χ1v) is 8.29. The van der Waals surface area contributed by atoms with Gasteiger partial charge >= 0.3 is 0 Å². The van der Waals surface area contributed by atoms with Crippen molar-refractivity contribution < 1.29 is 9.53 Å². The predicted molar refractivity (Wildman–Crippen MR) is 94.1 cm³/mol. The van der Waals surface area contributed by atoms with E-state index < -0.39 is 0 Å². The molecule has 0 saturated carbocycles. The minimum atomic E-state index is -0.217. The van der Waals surface area contributed by atoms with Gasteiger partial charge in [0.25, 0.3) is 0 Å². The first-order chi connectivity index (χ1) is 11.1. The van der Waals surface area contributed by atoms with E-state index in [1.54, 1.807) is 17.4 Å². The summed E-state index contributed by atoms with van der Waals surface area (Å²) in [5, 5.41) is 4.24. The molecule has 0 saturated heterocycles.